The molecule has 0 heterocycles. The first-order valence-corrected chi connectivity index (χ1v) is 3.19. The maximum Gasteiger partial charge on any atom is 0.153 e. The average Bonchev–Trinajstić information content (AvgIpc) is 2.05. The zero-order valence-corrected chi connectivity index (χ0v) is 5.73. The molecule has 0 fully saturated rings. The number of benzene rings is 1. The fourth-order valence-corrected chi connectivity index (χ4v) is 0.761. The van der Waals surface area contributed by atoms with Gasteiger partial charge >= 0.3 is 0 Å². The smallest absolute Gasteiger partial charge is 0.153 e. The quantitative estimate of drug-likeness (QED) is 0.624. The van der Waals surface area contributed by atoms with Gasteiger partial charge in [-0.25, -0.2) is 13.2 Å². The molecule has 0 amide bonds. The minimum atomic E-state index is -1.63. The molecule has 11 heavy (non-hydrogen) atoms. The van der Waals surface area contributed by atoms with Crippen molar-refractivity contribution < 1.29 is 13.2 Å². The summed E-state index contributed by atoms with van der Waals surface area (Å²) in [6.45, 7) is -1.06. The summed E-state index contributed by atoms with van der Waals surface area (Å²) >= 11 is 0. The van der Waals surface area contributed by atoms with Gasteiger partial charge in [-0.1, -0.05) is 12.1 Å². The monoisotopic (exact) mass is 160 g/mol. The van der Waals surface area contributed by atoms with Crippen molar-refractivity contribution in [3.63, 3.8) is 0 Å². The van der Waals surface area contributed by atoms with Crippen molar-refractivity contribution in [2.24, 2.45) is 0 Å². The van der Waals surface area contributed by atoms with Gasteiger partial charge in [0.05, 0.1) is 0 Å². The molecule has 0 aliphatic carbocycles. The van der Waals surface area contributed by atoms with E-state index in [1.54, 1.807) is 0 Å². The molecular formula is C8H7F3. The van der Waals surface area contributed by atoms with Crippen LogP contribution >= 0.6 is 0 Å². The molecule has 1 aromatic rings. The maximum absolute atomic E-state index is 12.5. The van der Waals surface area contributed by atoms with E-state index in [2.05, 4.69) is 0 Å². The SMILES string of the molecule is FCC(F)c1ccc(F)cc1. The standard InChI is InChI=1S/C8H7F3/c9-5-8(11)6-1-3-7(10)4-2-6/h1-4,8H,5H2. The van der Waals surface area contributed by atoms with Crippen LogP contribution in [0.3, 0.4) is 0 Å². The molecule has 0 saturated carbocycles. The van der Waals surface area contributed by atoms with E-state index < -0.39 is 18.7 Å². The fourth-order valence-electron chi connectivity index (χ4n) is 0.761. The van der Waals surface area contributed by atoms with Crippen molar-refractivity contribution in [1.82, 2.24) is 0 Å². The molecule has 60 valence electrons. The van der Waals surface area contributed by atoms with Crippen LogP contribution < -0.4 is 0 Å². The van der Waals surface area contributed by atoms with E-state index in [0.29, 0.717) is 0 Å². The van der Waals surface area contributed by atoms with Gasteiger partial charge in [0.1, 0.15) is 12.5 Å². The highest BCUT2D eigenvalue weighted by Crippen LogP contribution is 2.17. The predicted molar refractivity (Wildman–Crippen MR) is 36.2 cm³/mol. The fraction of sp³-hybridized carbons (Fsp3) is 0.250. The van der Waals surface area contributed by atoms with E-state index in [0.717, 1.165) is 12.1 Å². The molecular weight excluding hydrogens is 153 g/mol. The Kier molecular flexibility index (Phi) is 2.52. The molecule has 0 aliphatic rings. The Hall–Kier alpha value is -0.990. The normalized spacial score (nSPS) is 13.0. The molecule has 1 atom stereocenters. The lowest BCUT2D eigenvalue weighted by atomic mass is 10.1. The molecule has 3 heteroatoms. The molecule has 0 aromatic heterocycles. The van der Waals surface area contributed by atoms with Gasteiger partial charge in [-0.2, -0.15) is 0 Å². The van der Waals surface area contributed by atoms with Gasteiger partial charge in [0.25, 0.3) is 0 Å². The molecule has 0 nitrogen and oxygen atoms in total. The van der Waals surface area contributed by atoms with Crippen molar-refractivity contribution in [2.75, 3.05) is 6.67 Å². The van der Waals surface area contributed by atoms with Crippen LogP contribution in [0.4, 0.5) is 13.2 Å². The molecule has 0 N–H and O–H groups in total. The van der Waals surface area contributed by atoms with Crippen LogP contribution in [-0.2, 0) is 0 Å². The summed E-state index contributed by atoms with van der Waals surface area (Å²) in [7, 11) is 0. The third-order valence-electron chi connectivity index (χ3n) is 1.37. The number of alkyl halides is 2. The van der Waals surface area contributed by atoms with E-state index in [1.807, 2.05) is 0 Å². The number of hydrogen-bond donors (Lipinski definition) is 0. The Labute approximate surface area is 62.7 Å². The van der Waals surface area contributed by atoms with Gasteiger partial charge in [-0.3, -0.25) is 0 Å². The lowest BCUT2D eigenvalue weighted by Crippen LogP contribution is -1.92. The first-order chi connectivity index (χ1) is 5.24. The summed E-state index contributed by atoms with van der Waals surface area (Å²) in [6, 6.07) is 4.69. The summed E-state index contributed by atoms with van der Waals surface area (Å²) < 4.78 is 36.4. The third kappa shape index (κ3) is 1.97. The zero-order valence-electron chi connectivity index (χ0n) is 5.73. The molecule has 1 unspecified atom stereocenters. The van der Waals surface area contributed by atoms with Crippen LogP contribution in [0.25, 0.3) is 0 Å². The second kappa shape index (κ2) is 3.42. The van der Waals surface area contributed by atoms with Crippen molar-refractivity contribution in [2.45, 2.75) is 6.17 Å². The zero-order chi connectivity index (χ0) is 8.27. The van der Waals surface area contributed by atoms with E-state index in [9.17, 15) is 13.2 Å². The maximum atomic E-state index is 12.5. The summed E-state index contributed by atoms with van der Waals surface area (Å²) in [5.41, 5.74) is 0.175. The van der Waals surface area contributed by atoms with Crippen LogP contribution in [0, 0.1) is 5.82 Å². The summed E-state index contributed by atoms with van der Waals surface area (Å²) in [6.07, 6.45) is -1.63. The number of halogens is 3. The Morgan fingerprint density at radius 3 is 2.18 bits per heavy atom. The second-order valence-electron chi connectivity index (χ2n) is 2.17. The van der Waals surface area contributed by atoms with Gasteiger partial charge in [-0.15, -0.1) is 0 Å². The second-order valence-corrected chi connectivity index (χ2v) is 2.17. The average molecular weight is 160 g/mol. The van der Waals surface area contributed by atoms with Crippen molar-refractivity contribution in [3.8, 4) is 0 Å². The van der Waals surface area contributed by atoms with E-state index in [4.69, 9.17) is 0 Å². The first-order valence-electron chi connectivity index (χ1n) is 3.19. The van der Waals surface area contributed by atoms with Gasteiger partial charge in [0.2, 0.25) is 0 Å². The molecule has 0 spiro atoms. The minimum Gasteiger partial charge on any atom is -0.248 e. The Morgan fingerprint density at radius 1 is 1.18 bits per heavy atom. The molecule has 0 aliphatic heterocycles. The largest absolute Gasteiger partial charge is 0.248 e. The summed E-state index contributed by atoms with van der Waals surface area (Å²) in [5, 5.41) is 0. The predicted octanol–water partition coefficient (Wildman–Crippen LogP) is 2.81. The first kappa shape index (κ1) is 8.11. The highest BCUT2D eigenvalue weighted by atomic mass is 19.2. The minimum absolute atomic E-state index is 0.175. The van der Waals surface area contributed by atoms with Crippen LogP contribution in [-0.4, -0.2) is 6.67 Å². The van der Waals surface area contributed by atoms with E-state index in [1.165, 1.54) is 12.1 Å². The number of hydrogen-bond acceptors (Lipinski definition) is 0. The van der Waals surface area contributed by atoms with Gasteiger partial charge in [0.15, 0.2) is 6.17 Å². The van der Waals surface area contributed by atoms with Crippen LogP contribution in [0.1, 0.15) is 11.7 Å². The Bertz CT molecular complexity index is 217. The van der Waals surface area contributed by atoms with Crippen molar-refractivity contribution >= 4 is 0 Å². The highest BCUT2D eigenvalue weighted by molar-refractivity contribution is 5.18. The molecule has 0 bridgehead atoms. The highest BCUT2D eigenvalue weighted by Gasteiger charge is 2.07. The van der Waals surface area contributed by atoms with E-state index >= 15 is 0 Å². The molecule has 0 saturated heterocycles. The lowest BCUT2D eigenvalue weighted by Gasteiger charge is -2.01. The van der Waals surface area contributed by atoms with Crippen molar-refractivity contribution in [3.05, 3.63) is 35.6 Å². The molecule has 1 aromatic carbocycles. The summed E-state index contributed by atoms with van der Waals surface area (Å²) in [4.78, 5) is 0. The van der Waals surface area contributed by atoms with Crippen molar-refractivity contribution in [1.29, 1.82) is 0 Å². The summed E-state index contributed by atoms with van der Waals surface area (Å²) in [5.74, 6) is -0.445. The molecule has 0 radical (unpaired) electrons. The Balaban J connectivity index is 2.81. The topological polar surface area (TPSA) is 0 Å². The van der Waals surface area contributed by atoms with Gasteiger partial charge < -0.3 is 0 Å². The lowest BCUT2D eigenvalue weighted by molar-refractivity contribution is 0.266. The number of rotatable bonds is 2. The van der Waals surface area contributed by atoms with Crippen LogP contribution in [0.2, 0.25) is 0 Å². The van der Waals surface area contributed by atoms with E-state index in [-0.39, 0.29) is 5.56 Å². The van der Waals surface area contributed by atoms with Gasteiger partial charge in [-0.05, 0) is 17.7 Å². The van der Waals surface area contributed by atoms with Gasteiger partial charge in [0, 0.05) is 0 Å². The third-order valence-corrected chi connectivity index (χ3v) is 1.37. The Morgan fingerprint density at radius 2 is 1.73 bits per heavy atom. The van der Waals surface area contributed by atoms with Crippen LogP contribution in [0.15, 0.2) is 24.3 Å². The van der Waals surface area contributed by atoms with Crippen LogP contribution in [0.5, 0.6) is 0 Å². The molecule has 1 rings (SSSR count).